The summed E-state index contributed by atoms with van der Waals surface area (Å²) in [5.41, 5.74) is 3.82. The van der Waals surface area contributed by atoms with Gasteiger partial charge in [0.15, 0.2) is 0 Å². The fourth-order valence-corrected chi connectivity index (χ4v) is 3.67. The number of halogens is 2. The van der Waals surface area contributed by atoms with Crippen LogP contribution in [0.3, 0.4) is 0 Å². The summed E-state index contributed by atoms with van der Waals surface area (Å²) in [6.07, 6.45) is 1.25. The van der Waals surface area contributed by atoms with E-state index in [0.717, 1.165) is 29.9 Å². The lowest BCUT2D eigenvalue weighted by Crippen LogP contribution is -2.32. The number of carbonyl (C=O) groups excluding carboxylic acids is 1. The van der Waals surface area contributed by atoms with Crippen molar-refractivity contribution in [2.24, 2.45) is 11.1 Å². The summed E-state index contributed by atoms with van der Waals surface area (Å²) >= 11 is 12.1. The molecule has 0 radical (unpaired) electrons. The topological polar surface area (TPSA) is 41.9 Å². The number of hydrogen-bond acceptors (Lipinski definition) is 3. The first kappa shape index (κ1) is 16.4. The van der Waals surface area contributed by atoms with Gasteiger partial charge in [-0.1, -0.05) is 52.6 Å². The molecule has 1 amide bonds. The first-order valence-corrected chi connectivity index (χ1v) is 8.92. The molecule has 2 aliphatic heterocycles. The van der Waals surface area contributed by atoms with Gasteiger partial charge in [0.25, 0.3) is 0 Å². The Bertz CT molecular complexity index is 866. The Labute approximate surface area is 156 Å². The summed E-state index contributed by atoms with van der Waals surface area (Å²) in [4.78, 5) is 20.0. The Hall–Kier alpha value is -2.04. The van der Waals surface area contributed by atoms with Gasteiger partial charge in [0, 0.05) is 24.2 Å². The molecular weight excluding hydrogens is 359 g/mol. The molecule has 0 fully saturated rings. The highest BCUT2D eigenvalue weighted by Crippen LogP contribution is 2.31. The smallest absolute Gasteiger partial charge is 0.227 e. The maximum atomic E-state index is 12.8. The number of nitrogens with zero attached hydrogens (tertiary/aromatic N) is 2. The van der Waals surface area contributed by atoms with Gasteiger partial charge in [-0.05, 0) is 30.2 Å². The van der Waals surface area contributed by atoms with Crippen molar-refractivity contribution in [3.63, 3.8) is 0 Å². The van der Waals surface area contributed by atoms with Crippen LogP contribution in [0.4, 0.5) is 5.69 Å². The van der Waals surface area contributed by atoms with Crippen molar-refractivity contribution in [3.8, 4) is 0 Å². The number of benzene rings is 2. The predicted molar refractivity (Wildman–Crippen MR) is 99.6 cm³/mol. The number of hydrogen-bond donors (Lipinski definition) is 0. The number of fused-ring (bicyclic) bond motifs is 1. The average molecular weight is 375 g/mol. The molecule has 0 aromatic heterocycles. The minimum Gasteiger partial charge on any atom is -0.395 e. The standard InChI is InChI=1S/C19H16Cl2N2O2/c20-15-6-5-13(9-16(15)21)19-14(11-25-22-19)10-18(24)23-8-7-12-3-1-2-4-17(12)23/h1-6,9,14H,7-8,10-11H2. The highest BCUT2D eigenvalue weighted by Gasteiger charge is 2.31. The molecule has 2 heterocycles. The van der Waals surface area contributed by atoms with Gasteiger partial charge in [0.05, 0.1) is 21.7 Å². The zero-order chi connectivity index (χ0) is 17.4. The molecule has 2 aliphatic rings. The number of oxime groups is 1. The molecule has 0 spiro atoms. The maximum Gasteiger partial charge on any atom is 0.227 e. The van der Waals surface area contributed by atoms with Crippen molar-refractivity contribution in [1.29, 1.82) is 0 Å². The van der Waals surface area contributed by atoms with E-state index in [1.54, 1.807) is 12.1 Å². The lowest BCUT2D eigenvalue weighted by molar-refractivity contribution is -0.119. The fourth-order valence-electron chi connectivity index (χ4n) is 3.37. The van der Waals surface area contributed by atoms with E-state index >= 15 is 0 Å². The number of carbonyl (C=O) groups is 1. The molecule has 2 aromatic rings. The third kappa shape index (κ3) is 3.12. The lowest BCUT2D eigenvalue weighted by atomic mass is 9.94. The first-order valence-electron chi connectivity index (χ1n) is 8.17. The average Bonchev–Trinajstić information content (AvgIpc) is 3.24. The molecule has 0 saturated heterocycles. The summed E-state index contributed by atoms with van der Waals surface area (Å²) < 4.78 is 0. The summed E-state index contributed by atoms with van der Waals surface area (Å²) in [6.45, 7) is 1.13. The predicted octanol–water partition coefficient (Wildman–Crippen LogP) is 4.32. The summed E-state index contributed by atoms with van der Waals surface area (Å²) in [6, 6.07) is 13.4. The van der Waals surface area contributed by atoms with Crippen LogP contribution in [-0.4, -0.2) is 24.8 Å². The molecule has 128 valence electrons. The van der Waals surface area contributed by atoms with Crippen LogP contribution < -0.4 is 4.90 Å². The number of amides is 1. The Kier molecular flexibility index (Phi) is 4.40. The van der Waals surface area contributed by atoms with Gasteiger partial charge in [-0.2, -0.15) is 0 Å². The van der Waals surface area contributed by atoms with Crippen LogP contribution in [0.5, 0.6) is 0 Å². The van der Waals surface area contributed by atoms with Gasteiger partial charge in [0.2, 0.25) is 5.91 Å². The monoisotopic (exact) mass is 374 g/mol. The van der Waals surface area contributed by atoms with Crippen molar-refractivity contribution in [2.75, 3.05) is 18.1 Å². The Morgan fingerprint density at radius 1 is 1.20 bits per heavy atom. The molecule has 1 unspecified atom stereocenters. The highest BCUT2D eigenvalue weighted by molar-refractivity contribution is 6.42. The summed E-state index contributed by atoms with van der Waals surface area (Å²) in [7, 11) is 0. The van der Waals surface area contributed by atoms with Gasteiger partial charge in [0.1, 0.15) is 6.61 Å². The van der Waals surface area contributed by atoms with Gasteiger partial charge in [-0.25, -0.2) is 0 Å². The molecule has 2 aromatic carbocycles. The van der Waals surface area contributed by atoms with Crippen molar-refractivity contribution in [2.45, 2.75) is 12.8 Å². The van der Waals surface area contributed by atoms with E-state index in [-0.39, 0.29) is 11.8 Å². The molecule has 0 saturated carbocycles. The second-order valence-electron chi connectivity index (χ2n) is 6.23. The van der Waals surface area contributed by atoms with E-state index < -0.39 is 0 Å². The quantitative estimate of drug-likeness (QED) is 0.802. The number of anilines is 1. The SMILES string of the molecule is O=C(CC1CON=C1c1ccc(Cl)c(Cl)c1)N1CCc2ccccc21. The molecule has 0 aliphatic carbocycles. The van der Waals surface area contributed by atoms with E-state index in [0.29, 0.717) is 23.1 Å². The van der Waals surface area contributed by atoms with Gasteiger partial charge in [-0.3, -0.25) is 4.79 Å². The maximum absolute atomic E-state index is 12.8. The molecule has 6 heteroatoms. The van der Waals surface area contributed by atoms with E-state index in [2.05, 4.69) is 11.2 Å². The van der Waals surface area contributed by atoms with Crippen LogP contribution in [0.25, 0.3) is 0 Å². The van der Waals surface area contributed by atoms with Crippen LogP contribution in [0.15, 0.2) is 47.6 Å². The molecule has 4 rings (SSSR count). The third-order valence-electron chi connectivity index (χ3n) is 4.65. The Morgan fingerprint density at radius 2 is 2.04 bits per heavy atom. The first-order chi connectivity index (χ1) is 12.1. The minimum absolute atomic E-state index is 0.0856. The normalized spacial score (nSPS) is 18.7. The third-order valence-corrected chi connectivity index (χ3v) is 5.39. The van der Waals surface area contributed by atoms with E-state index in [1.807, 2.05) is 29.2 Å². The fraction of sp³-hybridized carbons (Fsp3) is 0.263. The van der Waals surface area contributed by atoms with Gasteiger partial charge in [-0.15, -0.1) is 0 Å². The van der Waals surface area contributed by atoms with Crippen molar-refractivity contribution in [1.82, 2.24) is 0 Å². The molecule has 0 N–H and O–H groups in total. The van der Waals surface area contributed by atoms with E-state index in [1.165, 1.54) is 5.56 Å². The van der Waals surface area contributed by atoms with Crippen LogP contribution in [-0.2, 0) is 16.1 Å². The molecule has 0 bridgehead atoms. The van der Waals surface area contributed by atoms with Crippen LogP contribution in [0, 0.1) is 5.92 Å². The van der Waals surface area contributed by atoms with Crippen LogP contribution in [0.2, 0.25) is 10.0 Å². The Morgan fingerprint density at radius 3 is 2.88 bits per heavy atom. The zero-order valence-corrected chi connectivity index (χ0v) is 14.9. The minimum atomic E-state index is -0.0856. The van der Waals surface area contributed by atoms with Crippen LogP contribution in [0.1, 0.15) is 17.5 Å². The van der Waals surface area contributed by atoms with Crippen LogP contribution >= 0.6 is 23.2 Å². The molecule has 4 nitrogen and oxygen atoms in total. The second-order valence-corrected chi connectivity index (χ2v) is 7.04. The van der Waals surface area contributed by atoms with E-state index in [9.17, 15) is 4.79 Å². The van der Waals surface area contributed by atoms with Gasteiger partial charge < -0.3 is 9.74 Å². The Balaban J connectivity index is 1.52. The van der Waals surface area contributed by atoms with Crippen molar-refractivity contribution < 1.29 is 9.63 Å². The zero-order valence-electron chi connectivity index (χ0n) is 13.4. The summed E-state index contributed by atoms with van der Waals surface area (Å²) in [5.74, 6) is 0.00529. The van der Waals surface area contributed by atoms with E-state index in [4.69, 9.17) is 28.0 Å². The summed E-state index contributed by atoms with van der Waals surface area (Å²) in [5, 5.41) is 5.08. The molecular formula is C19H16Cl2N2O2. The largest absolute Gasteiger partial charge is 0.395 e. The van der Waals surface area contributed by atoms with Crippen molar-refractivity contribution >= 4 is 40.5 Å². The van der Waals surface area contributed by atoms with Crippen molar-refractivity contribution in [3.05, 3.63) is 63.6 Å². The highest BCUT2D eigenvalue weighted by atomic mass is 35.5. The van der Waals surface area contributed by atoms with Gasteiger partial charge >= 0.3 is 0 Å². The number of rotatable bonds is 3. The molecule has 1 atom stereocenters. The second kappa shape index (κ2) is 6.70. The number of para-hydroxylation sites is 1. The molecule has 25 heavy (non-hydrogen) atoms. The lowest BCUT2D eigenvalue weighted by Gasteiger charge is -2.19.